The summed E-state index contributed by atoms with van der Waals surface area (Å²) in [7, 11) is 4.44. The van der Waals surface area contributed by atoms with Crippen LogP contribution in [0.3, 0.4) is 0 Å². The summed E-state index contributed by atoms with van der Waals surface area (Å²) < 4.78 is 0. The van der Waals surface area contributed by atoms with Gasteiger partial charge in [-0.3, -0.25) is 0 Å². The maximum absolute atomic E-state index is 2.76. The molecule has 2 fully saturated rings. The normalized spacial score (nSPS) is 26.8. The van der Waals surface area contributed by atoms with Gasteiger partial charge in [-0.1, -0.05) is 6.92 Å². The van der Waals surface area contributed by atoms with E-state index in [-0.39, 0.29) is 0 Å². The van der Waals surface area contributed by atoms with Crippen LogP contribution in [0.1, 0.15) is 32.6 Å². The van der Waals surface area contributed by atoms with Crippen LogP contribution in [0, 0.1) is 0 Å². The van der Waals surface area contributed by atoms with E-state index in [1.807, 2.05) is 0 Å². The summed E-state index contributed by atoms with van der Waals surface area (Å²) in [5.41, 5.74) is 0. The maximum atomic E-state index is 2.76. The Labute approximate surface area is 107 Å². The Morgan fingerprint density at radius 1 is 0.941 bits per heavy atom. The van der Waals surface area contributed by atoms with Crippen molar-refractivity contribution in [2.24, 2.45) is 0 Å². The number of hydrogen-bond donors (Lipinski definition) is 0. The van der Waals surface area contributed by atoms with Crippen LogP contribution >= 0.6 is 0 Å². The molecule has 0 aromatic rings. The molecule has 0 bridgehead atoms. The molecule has 2 rings (SSSR count). The highest BCUT2D eigenvalue weighted by Crippen LogP contribution is 2.22. The second kappa shape index (κ2) is 6.17. The summed E-state index contributed by atoms with van der Waals surface area (Å²) in [4.78, 5) is 7.74. The van der Waals surface area contributed by atoms with Gasteiger partial charge in [0.1, 0.15) is 0 Å². The zero-order valence-corrected chi connectivity index (χ0v) is 11.9. The van der Waals surface area contributed by atoms with Crippen LogP contribution < -0.4 is 0 Å². The first kappa shape index (κ1) is 13.3. The molecule has 0 unspecified atom stereocenters. The third kappa shape index (κ3) is 3.43. The van der Waals surface area contributed by atoms with Gasteiger partial charge in [0, 0.05) is 12.1 Å². The fourth-order valence-corrected chi connectivity index (χ4v) is 3.37. The van der Waals surface area contributed by atoms with Gasteiger partial charge in [0.15, 0.2) is 0 Å². The van der Waals surface area contributed by atoms with E-state index in [4.69, 9.17) is 0 Å². The average Bonchev–Trinajstić information content (AvgIpc) is 2.39. The summed E-state index contributed by atoms with van der Waals surface area (Å²) in [5, 5.41) is 0. The predicted molar refractivity (Wildman–Crippen MR) is 73.4 cm³/mol. The highest BCUT2D eigenvalue weighted by atomic mass is 15.2. The Morgan fingerprint density at radius 2 is 1.53 bits per heavy atom. The standard InChI is InChI=1S/C14H29N3/c1-4-16-9-5-14(6-10-16)17-11-7-13(8-12-17)15(2)3/h13-14H,4-12H2,1-3H3. The van der Waals surface area contributed by atoms with Gasteiger partial charge in [0.25, 0.3) is 0 Å². The van der Waals surface area contributed by atoms with Gasteiger partial charge in [-0.15, -0.1) is 0 Å². The Hall–Kier alpha value is -0.120. The molecular formula is C14H29N3. The van der Waals surface area contributed by atoms with Crippen molar-refractivity contribution in [2.75, 3.05) is 46.8 Å². The van der Waals surface area contributed by atoms with Crippen LogP contribution in [0.4, 0.5) is 0 Å². The fourth-order valence-electron chi connectivity index (χ4n) is 3.37. The molecule has 0 aliphatic carbocycles. The topological polar surface area (TPSA) is 9.72 Å². The van der Waals surface area contributed by atoms with Crippen LogP contribution in [-0.2, 0) is 0 Å². The van der Waals surface area contributed by atoms with Gasteiger partial charge in [-0.25, -0.2) is 0 Å². The van der Waals surface area contributed by atoms with Crippen molar-refractivity contribution in [1.82, 2.24) is 14.7 Å². The molecule has 2 aliphatic rings. The second-order valence-corrected chi connectivity index (χ2v) is 5.90. The van der Waals surface area contributed by atoms with Crippen LogP contribution in [0.25, 0.3) is 0 Å². The summed E-state index contributed by atoms with van der Waals surface area (Å²) in [5.74, 6) is 0. The Morgan fingerprint density at radius 3 is 2.00 bits per heavy atom. The van der Waals surface area contributed by atoms with Gasteiger partial charge in [-0.2, -0.15) is 0 Å². The van der Waals surface area contributed by atoms with E-state index in [0.29, 0.717) is 0 Å². The van der Waals surface area contributed by atoms with Crippen molar-refractivity contribution in [3.8, 4) is 0 Å². The van der Waals surface area contributed by atoms with Crippen LogP contribution in [0.15, 0.2) is 0 Å². The molecule has 0 aromatic carbocycles. The van der Waals surface area contributed by atoms with E-state index in [1.54, 1.807) is 0 Å². The third-order valence-corrected chi connectivity index (χ3v) is 4.75. The molecule has 0 amide bonds. The molecule has 17 heavy (non-hydrogen) atoms. The number of likely N-dealkylation sites (tertiary alicyclic amines) is 2. The lowest BCUT2D eigenvalue weighted by atomic mass is 9.97. The minimum Gasteiger partial charge on any atom is -0.306 e. The first-order chi connectivity index (χ1) is 8.20. The predicted octanol–water partition coefficient (Wildman–Crippen LogP) is 1.50. The maximum Gasteiger partial charge on any atom is 0.0120 e. The number of rotatable bonds is 3. The van der Waals surface area contributed by atoms with Crippen LogP contribution in [-0.4, -0.2) is 73.6 Å². The largest absolute Gasteiger partial charge is 0.306 e. The van der Waals surface area contributed by atoms with Gasteiger partial charge in [-0.05, 0) is 72.5 Å². The minimum absolute atomic E-state index is 0.821. The highest BCUT2D eigenvalue weighted by Gasteiger charge is 2.28. The number of nitrogens with zero attached hydrogens (tertiary/aromatic N) is 3. The first-order valence-electron chi connectivity index (χ1n) is 7.33. The monoisotopic (exact) mass is 239 g/mol. The first-order valence-corrected chi connectivity index (χ1v) is 7.33. The molecule has 0 saturated carbocycles. The Balaban J connectivity index is 1.74. The summed E-state index contributed by atoms with van der Waals surface area (Å²) in [6, 6.07) is 1.70. The van der Waals surface area contributed by atoms with E-state index < -0.39 is 0 Å². The van der Waals surface area contributed by atoms with Crippen molar-refractivity contribution in [3.05, 3.63) is 0 Å². The Kier molecular flexibility index (Phi) is 4.83. The van der Waals surface area contributed by atoms with E-state index in [2.05, 4.69) is 35.7 Å². The van der Waals surface area contributed by atoms with Gasteiger partial charge in [0.05, 0.1) is 0 Å². The number of piperidine rings is 2. The molecule has 2 heterocycles. The number of hydrogen-bond acceptors (Lipinski definition) is 3. The molecule has 2 aliphatic heterocycles. The highest BCUT2D eigenvalue weighted by molar-refractivity contribution is 4.84. The molecule has 0 radical (unpaired) electrons. The third-order valence-electron chi connectivity index (χ3n) is 4.75. The molecule has 0 atom stereocenters. The summed E-state index contributed by atoms with van der Waals surface area (Å²) >= 11 is 0. The van der Waals surface area contributed by atoms with Gasteiger partial charge < -0.3 is 14.7 Å². The molecule has 0 spiro atoms. The minimum atomic E-state index is 0.821. The second-order valence-electron chi connectivity index (χ2n) is 5.90. The van der Waals surface area contributed by atoms with E-state index in [0.717, 1.165) is 12.1 Å². The summed E-state index contributed by atoms with van der Waals surface area (Å²) in [6.45, 7) is 8.78. The quantitative estimate of drug-likeness (QED) is 0.739. The van der Waals surface area contributed by atoms with Crippen molar-refractivity contribution < 1.29 is 0 Å². The van der Waals surface area contributed by atoms with Crippen molar-refractivity contribution in [3.63, 3.8) is 0 Å². The van der Waals surface area contributed by atoms with E-state index >= 15 is 0 Å². The molecule has 0 N–H and O–H groups in total. The average molecular weight is 239 g/mol. The van der Waals surface area contributed by atoms with Crippen molar-refractivity contribution in [1.29, 1.82) is 0 Å². The van der Waals surface area contributed by atoms with Crippen LogP contribution in [0.5, 0.6) is 0 Å². The van der Waals surface area contributed by atoms with Gasteiger partial charge in [0.2, 0.25) is 0 Å². The van der Waals surface area contributed by atoms with Gasteiger partial charge >= 0.3 is 0 Å². The van der Waals surface area contributed by atoms with Crippen molar-refractivity contribution >= 4 is 0 Å². The van der Waals surface area contributed by atoms with Crippen molar-refractivity contribution in [2.45, 2.75) is 44.7 Å². The zero-order chi connectivity index (χ0) is 12.3. The molecular weight excluding hydrogens is 210 g/mol. The summed E-state index contributed by atoms with van der Waals surface area (Å²) in [6.07, 6.45) is 5.50. The zero-order valence-electron chi connectivity index (χ0n) is 11.9. The molecule has 100 valence electrons. The molecule has 3 nitrogen and oxygen atoms in total. The van der Waals surface area contributed by atoms with E-state index in [9.17, 15) is 0 Å². The lowest BCUT2D eigenvalue weighted by Crippen LogP contribution is -2.50. The SMILES string of the molecule is CCN1CCC(N2CCC(N(C)C)CC2)CC1. The fraction of sp³-hybridized carbons (Fsp3) is 1.00. The smallest absolute Gasteiger partial charge is 0.0120 e. The molecule has 3 heteroatoms. The lowest BCUT2D eigenvalue weighted by Gasteiger charge is -2.42. The molecule has 2 saturated heterocycles. The van der Waals surface area contributed by atoms with Crippen LogP contribution in [0.2, 0.25) is 0 Å². The lowest BCUT2D eigenvalue weighted by molar-refractivity contribution is 0.0689. The Bertz CT molecular complexity index is 214. The van der Waals surface area contributed by atoms with E-state index in [1.165, 1.54) is 58.4 Å². The molecule has 0 aromatic heterocycles.